The number of carbonyl (C=O) groups is 2. The molecule has 0 atom stereocenters. The van der Waals surface area contributed by atoms with Crippen LogP contribution < -0.4 is 16.0 Å². The van der Waals surface area contributed by atoms with Crippen molar-refractivity contribution in [3.05, 3.63) is 90.5 Å². The normalized spacial score (nSPS) is 15.0. The number of benzene rings is 3. The van der Waals surface area contributed by atoms with Crippen molar-refractivity contribution in [3.63, 3.8) is 0 Å². The van der Waals surface area contributed by atoms with E-state index in [1.165, 1.54) is 0 Å². The highest BCUT2D eigenvalue weighted by Gasteiger charge is 2.41. The van der Waals surface area contributed by atoms with E-state index in [0.29, 0.717) is 43.1 Å². The van der Waals surface area contributed by atoms with E-state index in [4.69, 9.17) is 4.74 Å². The van der Waals surface area contributed by atoms with Crippen molar-refractivity contribution in [2.45, 2.75) is 18.3 Å². The number of rotatable bonds is 5. The van der Waals surface area contributed by atoms with E-state index in [9.17, 15) is 9.59 Å². The molecule has 6 nitrogen and oxygen atoms in total. The van der Waals surface area contributed by atoms with Crippen LogP contribution in [0.4, 0.5) is 21.9 Å². The second-order valence-corrected chi connectivity index (χ2v) is 7.54. The molecule has 1 aliphatic rings. The summed E-state index contributed by atoms with van der Waals surface area (Å²) in [6.07, 6.45) is 1.28. The van der Waals surface area contributed by atoms with Crippen LogP contribution in [0.2, 0.25) is 0 Å². The molecule has 1 saturated heterocycles. The maximum atomic E-state index is 13.3. The Morgan fingerprint density at radius 3 is 1.71 bits per heavy atom. The van der Waals surface area contributed by atoms with Gasteiger partial charge in [-0.1, -0.05) is 48.5 Å². The average Bonchev–Trinajstić information content (AvgIpc) is 2.82. The van der Waals surface area contributed by atoms with Crippen LogP contribution >= 0.6 is 0 Å². The summed E-state index contributed by atoms with van der Waals surface area (Å²) in [5.41, 5.74) is 2.43. The number of nitrogens with one attached hydrogen (secondary N) is 3. The van der Waals surface area contributed by atoms with E-state index in [1.807, 2.05) is 60.7 Å². The summed E-state index contributed by atoms with van der Waals surface area (Å²) in [4.78, 5) is 25.5. The molecular formula is C25H25N3O3. The minimum atomic E-state index is -0.605. The molecule has 3 aromatic carbocycles. The lowest BCUT2D eigenvalue weighted by atomic mass is 9.73. The molecule has 1 heterocycles. The maximum Gasteiger partial charge on any atom is 0.323 e. The summed E-state index contributed by atoms with van der Waals surface area (Å²) in [6, 6.07) is 25.9. The molecule has 1 fully saturated rings. The summed E-state index contributed by atoms with van der Waals surface area (Å²) < 4.78 is 5.52. The van der Waals surface area contributed by atoms with Crippen molar-refractivity contribution < 1.29 is 14.3 Å². The van der Waals surface area contributed by atoms with Crippen molar-refractivity contribution in [3.8, 4) is 0 Å². The van der Waals surface area contributed by atoms with E-state index in [2.05, 4.69) is 16.0 Å². The van der Waals surface area contributed by atoms with Crippen LogP contribution in [0.5, 0.6) is 0 Å². The van der Waals surface area contributed by atoms with Crippen molar-refractivity contribution in [2.24, 2.45) is 0 Å². The third kappa shape index (κ3) is 4.92. The van der Waals surface area contributed by atoms with Gasteiger partial charge in [0.05, 0.1) is 5.41 Å². The van der Waals surface area contributed by atoms with Gasteiger partial charge in [0.15, 0.2) is 0 Å². The third-order valence-electron chi connectivity index (χ3n) is 5.54. The number of urea groups is 1. The molecule has 0 unspecified atom stereocenters. The number of para-hydroxylation sites is 1. The number of ether oxygens (including phenoxy) is 1. The van der Waals surface area contributed by atoms with Gasteiger partial charge in [0.1, 0.15) is 0 Å². The lowest BCUT2D eigenvalue weighted by Crippen LogP contribution is -2.44. The van der Waals surface area contributed by atoms with Crippen LogP contribution in [-0.2, 0) is 14.9 Å². The molecule has 31 heavy (non-hydrogen) atoms. The molecule has 0 spiro atoms. The summed E-state index contributed by atoms with van der Waals surface area (Å²) in [5.74, 6) is -0.0375. The van der Waals surface area contributed by atoms with Crippen LogP contribution in [0.1, 0.15) is 18.4 Å². The lowest BCUT2D eigenvalue weighted by Gasteiger charge is -2.36. The predicted octanol–water partition coefficient (Wildman–Crippen LogP) is 5.02. The zero-order chi connectivity index (χ0) is 21.5. The van der Waals surface area contributed by atoms with Crippen LogP contribution in [0.3, 0.4) is 0 Å². The monoisotopic (exact) mass is 415 g/mol. The van der Waals surface area contributed by atoms with Crippen LogP contribution in [-0.4, -0.2) is 25.2 Å². The van der Waals surface area contributed by atoms with Gasteiger partial charge in [0, 0.05) is 30.3 Å². The Labute approximate surface area is 181 Å². The van der Waals surface area contributed by atoms with Gasteiger partial charge in [0.25, 0.3) is 0 Å². The highest BCUT2D eigenvalue weighted by Crippen LogP contribution is 2.36. The number of hydrogen-bond donors (Lipinski definition) is 3. The fourth-order valence-electron chi connectivity index (χ4n) is 3.83. The van der Waals surface area contributed by atoms with Gasteiger partial charge in [-0.25, -0.2) is 4.79 Å². The zero-order valence-corrected chi connectivity index (χ0v) is 17.1. The van der Waals surface area contributed by atoms with Crippen molar-refractivity contribution >= 4 is 29.0 Å². The summed E-state index contributed by atoms with van der Waals surface area (Å²) in [6.45, 7) is 1.11. The van der Waals surface area contributed by atoms with E-state index in [1.54, 1.807) is 24.3 Å². The minimum absolute atomic E-state index is 0.0375. The quantitative estimate of drug-likeness (QED) is 0.548. The Morgan fingerprint density at radius 2 is 1.13 bits per heavy atom. The van der Waals surface area contributed by atoms with Gasteiger partial charge in [-0.05, 0) is 54.8 Å². The maximum absolute atomic E-state index is 13.3. The Bertz CT molecular complexity index is 1010. The highest BCUT2D eigenvalue weighted by molar-refractivity contribution is 6.01. The average molecular weight is 415 g/mol. The fraction of sp³-hybridized carbons (Fsp3) is 0.200. The molecule has 4 rings (SSSR count). The zero-order valence-electron chi connectivity index (χ0n) is 17.1. The minimum Gasteiger partial charge on any atom is -0.381 e. The standard InChI is InChI=1S/C25H25N3O3/c29-23(25(15-17-31-18-16-25)19-7-3-1-4-8-19)26-21-11-13-22(14-12-21)28-24(30)27-20-9-5-2-6-10-20/h1-14H,15-18H2,(H,26,29)(H2,27,28,30). The van der Waals surface area contributed by atoms with E-state index < -0.39 is 5.41 Å². The second-order valence-electron chi connectivity index (χ2n) is 7.54. The first-order chi connectivity index (χ1) is 15.2. The summed E-state index contributed by atoms with van der Waals surface area (Å²) in [7, 11) is 0. The Hall–Kier alpha value is -3.64. The Kier molecular flexibility index (Phi) is 6.29. The molecule has 3 amide bonds. The summed E-state index contributed by atoms with van der Waals surface area (Å²) >= 11 is 0. The molecular weight excluding hydrogens is 390 g/mol. The first-order valence-corrected chi connectivity index (χ1v) is 10.3. The van der Waals surface area contributed by atoms with Gasteiger partial charge >= 0.3 is 6.03 Å². The van der Waals surface area contributed by atoms with E-state index in [0.717, 1.165) is 5.56 Å². The van der Waals surface area contributed by atoms with E-state index in [-0.39, 0.29) is 11.9 Å². The van der Waals surface area contributed by atoms with Crippen LogP contribution in [0.15, 0.2) is 84.9 Å². The third-order valence-corrected chi connectivity index (χ3v) is 5.54. The predicted molar refractivity (Wildman–Crippen MR) is 122 cm³/mol. The van der Waals surface area contributed by atoms with Crippen molar-refractivity contribution in [1.29, 1.82) is 0 Å². The van der Waals surface area contributed by atoms with Crippen LogP contribution in [0, 0.1) is 0 Å². The molecule has 3 N–H and O–H groups in total. The molecule has 0 bridgehead atoms. The van der Waals surface area contributed by atoms with Gasteiger partial charge in [-0.2, -0.15) is 0 Å². The molecule has 6 heteroatoms. The molecule has 0 aromatic heterocycles. The largest absolute Gasteiger partial charge is 0.381 e. The van der Waals surface area contributed by atoms with Crippen molar-refractivity contribution in [1.82, 2.24) is 0 Å². The Balaban J connectivity index is 1.42. The molecule has 1 aliphatic heterocycles. The molecule has 0 radical (unpaired) electrons. The van der Waals surface area contributed by atoms with Crippen LogP contribution in [0.25, 0.3) is 0 Å². The second kappa shape index (κ2) is 9.45. The highest BCUT2D eigenvalue weighted by atomic mass is 16.5. The molecule has 0 aliphatic carbocycles. The van der Waals surface area contributed by atoms with Crippen molar-refractivity contribution in [2.75, 3.05) is 29.2 Å². The lowest BCUT2D eigenvalue weighted by molar-refractivity contribution is -0.125. The van der Waals surface area contributed by atoms with Gasteiger partial charge in [-0.15, -0.1) is 0 Å². The topological polar surface area (TPSA) is 79.5 Å². The first kappa shape index (κ1) is 20.6. The SMILES string of the molecule is O=C(Nc1ccccc1)Nc1ccc(NC(=O)C2(c3ccccc3)CCOCC2)cc1. The Morgan fingerprint density at radius 1 is 0.645 bits per heavy atom. The van der Waals surface area contributed by atoms with Gasteiger partial charge < -0.3 is 20.7 Å². The smallest absolute Gasteiger partial charge is 0.323 e. The molecule has 3 aromatic rings. The number of amides is 3. The van der Waals surface area contributed by atoms with Gasteiger partial charge in [-0.3, -0.25) is 4.79 Å². The van der Waals surface area contributed by atoms with E-state index >= 15 is 0 Å². The van der Waals surface area contributed by atoms with Gasteiger partial charge in [0.2, 0.25) is 5.91 Å². The molecule has 158 valence electrons. The number of anilines is 3. The number of hydrogen-bond acceptors (Lipinski definition) is 3. The first-order valence-electron chi connectivity index (χ1n) is 10.3. The number of carbonyl (C=O) groups excluding carboxylic acids is 2. The fourth-order valence-corrected chi connectivity index (χ4v) is 3.83. The molecule has 0 saturated carbocycles. The summed E-state index contributed by atoms with van der Waals surface area (Å²) in [5, 5.41) is 8.61.